The molecule has 4 aromatic rings. The van der Waals surface area contributed by atoms with Gasteiger partial charge < -0.3 is 14.8 Å². The van der Waals surface area contributed by atoms with Crippen LogP contribution in [0.1, 0.15) is 41.9 Å². The summed E-state index contributed by atoms with van der Waals surface area (Å²) in [5, 5.41) is 12.3. The van der Waals surface area contributed by atoms with Crippen LogP contribution in [0.5, 0.6) is 11.5 Å². The highest BCUT2D eigenvalue weighted by Gasteiger charge is 2.16. The van der Waals surface area contributed by atoms with Gasteiger partial charge in [-0.15, -0.1) is 10.2 Å². The molecule has 0 fully saturated rings. The van der Waals surface area contributed by atoms with Crippen molar-refractivity contribution in [2.24, 2.45) is 0 Å². The van der Waals surface area contributed by atoms with E-state index in [9.17, 15) is 4.79 Å². The van der Waals surface area contributed by atoms with Crippen LogP contribution in [0.2, 0.25) is 5.15 Å². The number of benzene rings is 1. The number of nitrogens with zero attached hydrogens (tertiary/aromatic N) is 5. The van der Waals surface area contributed by atoms with Gasteiger partial charge in [-0.2, -0.15) is 0 Å². The third-order valence-corrected chi connectivity index (χ3v) is 5.64. The summed E-state index contributed by atoms with van der Waals surface area (Å²) in [6, 6.07) is 7.06. The van der Waals surface area contributed by atoms with E-state index in [1.54, 1.807) is 26.4 Å². The molecular weight excluding hydrogens is 444 g/mol. The second-order valence-corrected chi connectivity index (χ2v) is 7.98. The normalized spacial score (nSPS) is 11.2. The highest BCUT2D eigenvalue weighted by atomic mass is 35.5. The highest BCUT2D eigenvalue weighted by Crippen LogP contribution is 2.33. The second kappa shape index (κ2) is 9.99. The molecular formula is C23H25ClN6O3. The van der Waals surface area contributed by atoms with Crippen LogP contribution in [0.4, 0.5) is 5.82 Å². The maximum Gasteiger partial charge on any atom is 0.204 e. The van der Waals surface area contributed by atoms with Gasteiger partial charge in [-0.25, -0.2) is 9.97 Å². The van der Waals surface area contributed by atoms with E-state index in [4.69, 9.17) is 26.1 Å². The minimum absolute atomic E-state index is 0.0772. The number of carbonyl (C=O) groups excluding carboxylic acids is 1. The second-order valence-electron chi connectivity index (χ2n) is 7.59. The Balaban J connectivity index is 1.41. The number of anilines is 1. The zero-order chi connectivity index (χ0) is 23.4. The number of unbranched alkanes of at least 4 members (excludes halogenated alkanes) is 2. The lowest BCUT2D eigenvalue weighted by molar-refractivity contribution is 0.0979. The van der Waals surface area contributed by atoms with Crippen molar-refractivity contribution in [1.29, 1.82) is 0 Å². The Morgan fingerprint density at radius 2 is 1.88 bits per heavy atom. The van der Waals surface area contributed by atoms with Crippen molar-refractivity contribution >= 4 is 39.9 Å². The standard InChI is InChI=1S/C23H25ClN6O3/c1-14-28-29-23-22(27-16-11-19(32-2)20(33-3)12-17(16)30(14)23)25-10-6-4-5-7-18(31)15-8-9-21(24)26-13-15/h8-9,11-13H,4-7,10H2,1-3H3,(H,25,27). The highest BCUT2D eigenvalue weighted by molar-refractivity contribution is 6.29. The fraction of sp³-hybridized carbons (Fsp3) is 0.348. The fourth-order valence-corrected chi connectivity index (χ4v) is 3.81. The van der Waals surface area contributed by atoms with Crippen molar-refractivity contribution in [3.63, 3.8) is 0 Å². The summed E-state index contributed by atoms with van der Waals surface area (Å²) in [4.78, 5) is 20.9. The molecule has 172 valence electrons. The topological polar surface area (TPSA) is 104 Å². The van der Waals surface area contributed by atoms with Gasteiger partial charge in [-0.3, -0.25) is 9.20 Å². The number of carbonyl (C=O) groups is 1. The maximum absolute atomic E-state index is 12.2. The summed E-state index contributed by atoms with van der Waals surface area (Å²) in [7, 11) is 3.20. The van der Waals surface area contributed by atoms with E-state index in [2.05, 4.69) is 20.5 Å². The SMILES string of the molecule is COc1cc2nc(NCCCCCC(=O)c3ccc(Cl)nc3)c3nnc(C)n3c2cc1OC. The van der Waals surface area contributed by atoms with Crippen LogP contribution < -0.4 is 14.8 Å². The monoisotopic (exact) mass is 468 g/mol. The number of Topliss-reactive ketones (excluding diaryl/α,β-unsaturated/α-hetero) is 1. The number of aryl methyl sites for hydroxylation is 1. The van der Waals surface area contributed by atoms with Crippen LogP contribution >= 0.6 is 11.6 Å². The van der Waals surface area contributed by atoms with E-state index >= 15 is 0 Å². The number of hydrogen-bond acceptors (Lipinski definition) is 8. The number of aromatic nitrogens is 5. The number of nitrogens with one attached hydrogen (secondary N) is 1. The largest absolute Gasteiger partial charge is 0.493 e. The van der Waals surface area contributed by atoms with Gasteiger partial charge in [0.2, 0.25) is 5.65 Å². The Bertz CT molecular complexity index is 1290. The lowest BCUT2D eigenvalue weighted by atomic mass is 10.1. The van der Waals surface area contributed by atoms with Gasteiger partial charge in [0.25, 0.3) is 0 Å². The summed E-state index contributed by atoms with van der Waals surface area (Å²) in [5.74, 6) is 2.70. The molecule has 33 heavy (non-hydrogen) atoms. The molecule has 0 bridgehead atoms. The summed E-state index contributed by atoms with van der Waals surface area (Å²) in [6.07, 6.45) is 4.59. The lowest BCUT2D eigenvalue weighted by Gasteiger charge is -2.13. The first kappa shape index (κ1) is 22.7. The first-order chi connectivity index (χ1) is 16.0. The Morgan fingerprint density at radius 3 is 2.61 bits per heavy atom. The number of rotatable bonds is 10. The van der Waals surface area contributed by atoms with Crippen LogP contribution in [0.3, 0.4) is 0 Å². The van der Waals surface area contributed by atoms with Gasteiger partial charge in [0.1, 0.15) is 11.0 Å². The van der Waals surface area contributed by atoms with Gasteiger partial charge in [0, 0.05) is 36.9 Å². The third-order valence-electron chi connectivity index (χ3n) is 5.41. The molecule has 0 saturated carbocycles. The number of ether oxygens (including phenoxy) is 2. The number of methoxy groups -OCH3 is 2. The molecule has 4 rings (SSSR count). The smallest absolute Gasteiger partial charge is 0.204 e. The molecule has 9 nitrogen and oxygen atoms in total. The number of fused-ring (bicyclic) bond motifs is 3. The average Bonchev–Trinajstić information content (AvgIpc) is 3.22. The Morgan fingerprint density at radius 1 is 1.09 bits per heavy atom. The number of halogens is 1. The first-order valence-electron chi connectivity index (χ1n) is 10.7. The quantitative estimate of drug-likeness (QED) is 0.206. The van der Waals surface area contributed by atoms with Crippen molar-refractivity contribution in [3.05, 3.63) is 47.0 Å². The summed E-state index contributed by atoms with van der Waals surface area (Å²) < 4.78 is 12.8. The van der Waals surface area contributed by atoms with Gasteiger partial charge in [0.05, 0.1) is 25.3 Å². The molecule has 3 aromatic heterocycles. The van der Waals surface area contributed by atoms with Crippen LogP contribution in [0.25, 0.3) is 16.7 Å². The number of hydrogen-bond donors (Lipinski definition) is 1. The van der Waals surface area contributed by atoms with Gasteiger partial charge in [-0.1, -0.05) is 18.0 Å². The summed E-state index contributed by atoms with van der Waals surface area (Å²) in [6.45, 7) is 2.59. The van der Waals surface area contributed by atoms with Crippen LogP contribution in [0.15, 0.2) is 30.5 Å². The van der Waals surface area contributed by atoms with Gasteiger partial charge in [0.15, 0.2) is 23.1 Å². The summed E-state index contributed by atoms with van der Waals surface area (Å²) >= 11 is 5.77. The summed E-state index contributed by atoms with van der Waals surface area (Å²) in [5.41, 5.74) is 2.82. The molecule has 0 spiro atoms. The minimum atomic E-state index is 0.0772. The molecule has 0 aliphatic carbocycles. The molecule has 0 radical (unpaired) electrons. The van der Waals surface area contributed by atoms with E-state index in [-0.39, 0.29) is 5.78 Å². The molecule has 0 atom stereocenters. The molecule has 0 aliphatic heterocycles. The van der Waals surface area contributed by atoms with Crippen molar-refractivity contribution in [3.8, 4) is 11.5 Å². The van der Waals surface area contributed by atoms with E-state index < -0.39 is 0 Å². The van der Waals surface area contributed by atoms with Crippen LogP contribution in [-0.4, -0.2) is 51.1 Å². The van der Waals surface area contributed by atoms with E-state index in [0.29, 0.717) is 46.6 Å². The van der Waals surface area contributed by atoms with Gasteiger partial charge in [-0.05, 0) is 31.9 Å². The zero-order valence-electron chi connectivity index (χ0n) is 18.8. The van der Waals surface area contributed by atoms with E-state index in [1.807, 2.05) is 23.5 Å². The van der Waals surface area contributed by atoms with E-state index in [0.717, 1.165) is 36.1 Å². The third kappa shape index (κ3) is 4.83. The van der Waals surface area contributed by atoms with Gasteiger partial charge >= 0.3 is 0 Å². The van der Waals surface area contributed by atoms with Crippen molar-refractivity contribution in [1.82, 2.24) is 24.6 Å². The van der Waals surface area contributed by atoms with Crippen LogP contribution in [0, 0.1) is 6.92 Å². The molecule has 0 saturated heterocycles. The van der Waals surface area contributed by atoms with Crippen molar-refractivity contribution < 1.29 is 14.3 Å². The molecule has 1 N–H and O–H groups in total. The average molecular weight is 469 g/mol. The first-order valence-corrected chi connectivity index (χ1v) is 11.1. The molecule has 3 heterocycles. The Labute approximate surface area is 196 Å². The van der Waals surface area contributed by atoms with Crippen molar-refractivity contribution in [2.75, 3.05) is 26.1 Å². The minimum Gasteiger partial charge on any atom is -0.493 e. The maximum atomic E-state index is 12.2. The molecule has 10 heteroatoms. The number of pyridine rings is 1. The molecule has 0 amide bonds. The molecule has 0 unspecified atom stereocenters. The fourth-order valence-electron chi connectivity index (χ4n) is 3.70. The lowest BCUT2D eigenvalue weighted by Crippen LogP contribution is -2.07. The zero-order valence-corrected chi connectivity index (χ0v) is 19.5. The predicted octanol–water partition coefficient (Wildman–Crippen LogP) is 4.51. The predicted molar refractivity (Wildman–Crippen MR) is 127 cm³/mol. The molecule has 1 aromatic carbocycles. The van der Waals surface area contributed by atoms with E-state index in [1.165, 1.54) is 6.20 Å². The Kier molecular flexibility index (Phi) is 6.88. The van der Waals surface area contributed by atoms with Crippen molar-refractivity contribution in [2.45, 2.75) is 32.6 Å². The molecule has 0 aliphatic rings. The number of ketones is 1. The Hall–Kier alpha value is -3.46. The van der Waals surface area contributed by atoms with Crippen LogP contribution in [-0.2, 0) is 0 Å².